The van der Waals surface area contributed by atoms with Crippen LogP contribution in [-0.4, -0.2) is 14.5 Å². The summed E-state index contributed by atoms with van der Waals surface area (Å²) in [6.45, 7) is 5.71. The molecule has 0 amide bonds. The number of alkyl halides is 1. The third kappa shape index (κ3) is 2.94. The highest BCUT2D eigenvalue weighted by Gasteiger charge is 2.35. The lowest BCUT2D eigenvalue weighted by Crippen LogP contribution is -2.26. The predicted octanol–water partition coefficient (Wildman–Crippen LogP) is 4.78. The van der Waals surface area contributed by atoms with E-state index in [1.54, 1.807) is 0 Å². The Morgan fingerprint density at radius 1 is 1.33 bits per heavy atom. The van der Waals surface area contributed by atoms with Gasteiger partial charge < -0.3 is 4.57 Å². The summed E-state index contributed by atoms with van der Waals surface area (Å²) in [5.74, 6) is 2.18. The second-order valence-corrected chi connectivity index (χ2v) is 7.18. The van der Waals surface area contributed by atoms with E-state index in [0.29, 0.717) is 11.3 Å². The van der Waals surface area contributed by atoms with E-state index in [4.69, 9.17) is 11.6 Å². The molecule has 0 radical (unpaired) electrons. The number of hydrogen-bond donors (Lipinski definition) is 0. The van der Waals surface area contributed by atoms with Crippen molar-refractivity contribution < 1.29 is 0 Å². The Balaban J connectivity index is 1.99. The molecule has 3 rings (SSSR count). The lowest BCUT2D eigenvalue weighted by atomic mass is 9.78. The van der Waals surface area contributed by atoms with Gasteiger partial charge in [0.1, 0.15) is 11.3 Å². The van der Waals surface area contributed by atoms with Crippen LogP contribution in [-0.2, 0) is 12.4 Å². The molecule has 0 aromatic carbocycles. The van der Waals surface area contributed by atoms with E-state index in [-0.39, 0.29) is 0 Å². The average molecular weight is 306 g/mol. The molecule has 0 atom stereocenters. The van der Waals surface area contributed by atoms with Gasteiger partial charge in [0.2, 0.25) is 0 Å². The van der Waals surface area contributed by atoms with E-state index in [1.807, 2.05) is 12.4 Å². The van der Waals surface area contributed by atoms with Crippen LogP contribution in [0.1, 0.15) is 51.8 Å². The highest BCUT2D eigenvalue weighted by molar-refractivity contribution is 6.16. The first-order valence-corrected chi connectivity index (χ1v) is 8.52. The molecule has 0 aliphatic heterocycles. The maximum Gasteiger partial charge on any atom is 0.124 e. The van der Waals surface area contributed by atoms with Crippen molar-refractivity contribution in [1.29, 1.82) is 0 Å². The standard InChI is InChI=1S/C17H24ClN3/c1-13(2)9-17(6-3-4-7-17)12-21-15-5-8-19-11-14(15)20-16(21)10-18/h5,8,11,13H,3-4,6-7,9-10,12H2,1-2H3. The van der Waals surface area contributed by atoms with E-state index in [2.05, 4.69) is 34.4 Å². The first-order valence-electron chi connectivity index (χ1n) is 7.99. The van der Waals surface area contributed by atoms with Crippen molar-refractivity contribution in [2.75, 3.05) is 0 Å². The highest BCUT2D eigenvalue weighted by atomic mass is 35.5. The minimum atomic E-state index is 0.422. The summed E-state index contributed by atoms with van der Waals surface area (Å²) in [5.41, 5.74) is 2.56. The van der Waals surface area contributed by atoms with Gasteiger partial charge in [0, 0.05) is 12.7 Å². The molecular formula is C17H24ClN3. The monoisotopic (exact) mass is 305 g/mol. The maximum absolute atomic E-state index is 6.14. The topological polar surface area (TPSA) is 30.7 Å². The van der Waals surface area contributed by atoms with Gasteiger partial charge in [-0.25, -0.2) is 4.98 Å². The van der Waals surface area contributed by atoms with E-state index in [1.165, 1.54) is 37.6 Å². The van der Waals surface area contributed by atoms with E-state index in [0.717, 1.165) is 23.8 Å². The van der Waals surface area contributed by atoms with Crippen LogP contribution in [0.5, 0.6) is 0 Å². The number of nitrogens with zero attached hydrogens (tertiary/aromatic N) is 3. The van der Waals surface area contributed by atoms with Gasteiger partial charge in [-0.2, -0.15) is 0 Å². The quantitative estimate of drug-likeness (QED) is 0.744. The molecule has 3 nitrogen and oxygen atoms in total. The Morgan fingerprint density at radius 3 is 2.76 bits per heavy atom. The normalized spacial score (nSPS) is 17.9. The van der Waals surface area contributed by atoms with Gasteiger partial charge in [-0.05, 0) is 36.7 Å². The number of imidazole rings is 1. The van der Waals surface area contributed by atoms with Gasteiger partial charge in [0.05, 0.1) is 17.6 Å². The van der Waals surface area contributed by atoms with Crippen molar-refractivity contribution in [2.45, 2.75) is 58.4 Å². The predicted molar refractivity (Wildman–Crippen MR) is 87.4 cm³/mol. The molecule has 0 spiro atoms. The average Bonchev–Trinajstić information content (AvgIpc) is 3.04. The lowest BCUT2D eigenvalue weighted by Gasteiger charge is -2.32. The van der Waals surface area contributed by atoms with Gasteiger partial charge in [-0.15, -0.1) is 11.6 Å². The summed E-state index contributed by atoms with van der Waals surface area (Å²) in [6.07, 6.45) is 10.4. The Labute approximate surface area is 131 Å². The van der Waals surface area contributed by atoms with Crippen LogP contribution in [0, 0.1) is 11.3 Å². The zero-order valence-electron chi connectivity index (χ0n) is 13.0. The molecule has 1 aliphatic carbocycles. The van der Waals surface area contributed by atoms with E-state index in [9.17, 15) is 0 Å². The minimum absolute atomic E-state index is 0.422. The molecule has 0 unspecified atom stereocenters. The summed E-state index contributed by atoms with van der Waals surface area (Å²) in [7, 11) is 0. The minimum Gasteiger partial charge on any atom is -0.326 e. The first-order chi connectivity index (χ1) is 10.1. The van der Waals surface area contributed by atoms with Crippen LogP contribution in [0.25, 0.3) is 11.0 Å². The molecule has 2 aromatic rings. The van der Waals surface area contributed by atoms with Crippen molar-refractivity contribution in [3.05, 3.63) is 24.3 Å². The Bertz CT molecular complexity index is 612. The molecule has 0 bridgehead atoms. The number of rotatable bonds is 5. The summed E-state index contributed by atoms with van der Waals surface area (Å²) in [6, 6.07) is 2.07. The maximum atomic E-state index is 6.14. The van der Waals surface area contributed by atoms with Crippen molar-refractivity contribution in [1.82, 2.24) is 14.5 Å². The number of pyridine rings is 1. The van der Waals surface area contributed by atoms with Crippen LogP contribution < -0.4 is 0 Å². The van der Waals surface area contributed by atoms with Gasteiger partial charge in [0.15, 0.2) is 0 Å². The number of hydrogen-bond acceptors (Lipinski definition) is 2. The van der Waals surface area contributed by atoms with Crippen LogP contribution in [0.4, 0.5) is 0 Å². The molecule has 2 heterocycles. The van der Waals surface area contributed by atoms with Gasteiger partial charge in [-0.3, -0.25) is 4.98 Å². The molecule has 1 aliphatic rings. The van der Waals surface area contributed by atoms with Crippen molar-refractivity contribution in [3.8, 4) is 0 Å². The summed E-state index contributed by atoms with van der Waals surface area (Å²) in [4.78, 5) is 8.83. The number of aromatic nitrogens is 3. The van der Waals surface area contributed by atoms with Gasteiger partial charge in [-0.1, -0.05) is 26.7 Å². The Hall–Kier alpha value is -1.09. The third-order valence-electron chi connectivity index (χ3n) is 4.75. The SMILES string of the molecule is CC(C)CC1(Cn2c(CCl)nc3cnccc32)CCCC1. The lowest BCUT2D eigenvalue weighted by molar-refractivity contribution is 0.198. The van der Waals surface area contributed by atoms with E-state index < -0.39 is 0 Å². The Kier molecular flexibility index (Phi) is 4.21. The fourth-order valence-corrected chi connectivity index (χ4v) is 4.27. The molecule has 1 saturated carbocycles. The van der Waals surface area contributed by atoms with Crippen LogP contribution in [0.15, 0.2) is 18.5 Å². The molecule has 0 N–H and O–H groups in total. The van der Waals surface area contributed by atoms with Crippen molar-refractivity contribution in [3.63, 3.8) is 0 Å². The molecule has 114 valence electrons. The number of halogens is 1. The molecule has 21 heavy (non-hydrogen) atoms. The first kappa shape index (κ1) is 14.8. The Morgan fingerprint density at radius 2 is 2.10 bits per heavy atom. The summed E-state index contributed by atoms with van der Waals surface area (Å²) < 4.78 is 2.34. The molecule has 1 fully saturated rings. The smallest absolute Gasteiger partial charge is 0.124 e. The second kappa shape index (κ2) is 5.96. The zero-order valence-corrected chi connectivity index (χ0v) is 13.7. The molecule has 4 heteroatoms. The van der Waals surface area contributed by atoms with Crippen LogP contribution in [0.3, 0.4) is 0 Å². The molecule has 2 aromatic heterocycles. The molecule has 0 saturated heterocycles. The summed E-state index contributed by atoms with van der Waals surface area (Å²) >= 11 is 6.14. The third-order valence-corrected chi connectivity index (χ3v) is 4.99. The van der Waals surface area contributed by atoms with E-state index >= 15 is 0 Å². The summed E-state index contributed by atoms with van der Waals surface area (Å²) in [5, 5.41) is 0. The van der Waals surface area contributed by atoms with Gasteiger partial charge >= 0.3 is 0 Å². The van der Waals surface area contributed by atoms with Crippen molar-refractivity contribution in [2.24, 2.45) is 11.3 Å². The largest absolute Gasteiger partial charge is 0.326 e. The second-order valence-electron chi connectivity index (χ2n) is 6.92. The van der Waals surface area contributed by atoms with Crippen LogP contribution >= 0.6 is 11.6 Å². The van der Waals surface area contributed by atoms with Gasteiger partial charge in [0.25, 0.3) is 0 Å². The van der Waals surface area contributed by atoms with Crippen molar-refractivity contribution >= 4 is 22.6 Å². The number of fused-ring (bicyclic) bond motifs is 1. The zero-order chi connectivity index (χ0) is 14.9. The van der Waals surface area contributed by atoms with Crippen LogP contribution in [0.2, 0.25) is 0 Å². The molecular weight excluding hydrogens is 282 g/mol. The highest BCUT2D eigenvalue weighted by Crippen LogP contribution is 2.45. The fourth-order valence-electron chi connectivity index (χ4n) is 4.06. The fraction of sp³-hybridized carbons (Fsp3) is 0.647.